The summed E-state index contributed by atoms with van der Waals surface area (Å²) in [4.78, 5) is 29.0. The molecule has 34 heavy (non-hydrogen) atoms. The molecule has 0 bridgehead atoms. The molecule has 3 rings (SSSR count). The zero-order chi connectivity index (χ0) is 25.0. The van der Waals surface area contributed by atoms with Crippen LogP contribution >= 0.6 is 23.2 Å². The van der Waals surface area contributed by atoms with Crippen LogP contribution < -0.4 is 15.6 Å². The van der Waals surface area contributed by atoms with Crippen LogP contribution in [0.1, 0.15) is 36.8 Å². The number of rotatable bonds is 8. The summed E-state index contributed by atoms with van der Waals surface area (Å²) in [5.74, 6) is -0.0770. The van der Waals surface area contributed by atoms with Crippen LogP contribution in [0.2, 0.25) is 10.0 Å². The molecule has 1 heterocycles. The molecule has 0 unspecified atom stereocenters. The minimum atomic E-state index is -0.376. The zero-order valence-corrected chi connectivity index (χ0v) is 21.8. The quantitative estimate of drug-likeness (QED) is 0.457. The van der Waals surface area contributed by atoms with Crippen LogP contribution in [0.3, 0.4) is 0 Å². The minimum Gasteiger partial charge on any atom is -0.494 e. The Balaban J connectivity index is 1.94. The second-order valence-electron chi connectivity index (χ2n) is 9.62. The molecule has 0 radical (unpaired) electrons. The molecule has 1 aromatic heterocycles. The Morgan fingerprint density at radius 3 is 2.29 bits per heavy atom. The second-order valence-corrected chi connectivity index (χ2v) is 10.4. The molecule has 0 aliphatic carbocycles. The molecule has 0 atom stereocenters. The number of benzene rings is 2. The topological polar surface area (TPSA) is 63.6 Å². The molecule has 8 heteroatoms. The van der Waals surface area contributed by atoms with Gasteiger partial charge in [-0.25, -0.2) is 0 Å². The van der Waals surface area contributed by atoms with E-state index in [-0.39, 0.29) is 32.6 Å². The highest BCUT2D eigenvalue weighted by molar-refractivity contribution is 6.42. The summed E-state index contributed by atoms with van der Waals surface area (Å²) >= 11 is 12.4. The van der Waals surface area contributed by atoms with Crippen molar-refractivity contribution in [1.82, 2.24) is 14.8 Å². The summed E-state index contributed by atoms with van der Waals surface area (Å²) in [5.41, 5.74) is 0.806. The fourth-order valence-electron chi connectivity index (χ4n) is 3.88. The van der Waals surface area contributed by atoms with Crippen LogP contribution in [0.15, 0.2) is 47.3 Å². The van der Waals surface area contributed by atoms with Crippen LogP contribution in [-0.2, 0) is 13.1 Å². The van der Waals surface area contributed by atoms with Gasteiger partial charge >= 0.3 is 0 Å². The lowest BCUT2D eigenvalue weighted by Gasteiger charge is -2.25. The van der Waals surface area contributed by atoms with Crippen molar-refractivity contribution < 1.29 is 9.53 Å². The number of ether oxygens (including phenoxy) is 1. The molecule has 0 aliphatic rings. The Morgan fingerprint density at radius 2 is 1.71 bits per heavy atom. The first-order chi connectivity index (χ1) is 16.0. The Kier molecular flexibility index (Phi) is 8.29. The fraction of sp³-hybridized carbons (Fsp3) is 0.385. The molecular formula is C26H31Cl2N3O3. The second kappa shape index (κ2) is 10.8. The number of halogens is 2. The predicted octanol–water partition coefficient (Wildman–Crippen LogP) is 5.22. The lowest BCUT2D eigenvalue weighted by Crippen LogP contribution is -2.38. The fourth-order valence-corrected chi connectivity index (χ4v) is 4.21. The van der Waals surface area contributed by atoms with Crippen LogP contribution in [0.4, 0.5) is 0 Å². The van der Waals surface area contributed by atoms with E-state index in [1.165, 1.54) is 23.3 Å². The maximum absolute atomic E-state index is 13.5. The van der Waals surface area contributed by atoms with Gasteiger partial charge in [-0.05, 0) is 30.2 Å². The van der Waals surface area contributed by atoms with Gasteiger partial charge in [0.1, 0.15) is 0 Å². The van der Waals surface area contributed by atoms with E-state index in [0.29, 0.717) is 36.2 Å². The van der Waals surface area contributed by atoms with E-state index < -0.39 is 0 Å². The van der Waals surface area contributed by atoms with Gasteiger partial charge in [0.25, 0.3) is 11.5 Å². The average molecular weight is 504 g/mol. The maximum Gasteiger partial charge on any atom is 0.271 e. The number of fused-ring (bicyclic) bond motifs is 1. The molecule has 6 nitrogen and oxygen atoms in total. The molecule has 1 N–H and O–H groups in total. The van der Waals surface area contributed by atoms with Crippen LogP contribution in [0.25, 0.3) is 10.8 Å². The molecule has 0 fully saturated rings. The van der Waals surface area contributed by atoms with Crippen molar-refractivity contribution in [2.45, 2.75) is 33.9 Å². The van der Waals surface area contributed by atoms with Gasteiger partial charge in [0.05, 0.1) is 22.5 Å². The Morgan fingerprint density at radius 1 is 1.09 bits per heavy atom. The molecule has 182 valence electrons. The highest BCUT2D eigenvalue weighted by Gasteiger charge is 2.26. The van der Waals surface area contributed by atoms with E-state index in [1.54, 1.807) is 6.07 Å². The van der Waals surface area contributed by atoms with Gasteiger partial charge in [0, 0.05) is 31.6 Å². The standard InChI is InChI=1S/C26H31Cl2N3O3/c1-26(2,3)16-31-22(23(34-5)18-13-20(27)21(28)14-19(18)25(31)33)24(32)29-11-12-30(4)15-17-9-7-6-8-10-17/h6-10,13-14H,11-12,15-16H2,1-5H3,(H,29,32). The zero-order valence-electron chi connectivity index (χ0n) is 20.2. The van der Waals surface area contributed by atoms with Crippen molar-refractivity contribution in [3.8, 4) is 5.75 Å². The van der Waals surface area contributed by atoms with E-state index in [9.17, 15) is 9.59 Å². The Labute approximate surface area is 210 Å². The van der Waals surface area contributed by atoms with Gasteiger partial charge in [0.15, 0.2) is 11.4 Å². The van der Waals surface area contributed by atoms with Gasteiger partial charge in [-0.1, -0.05) is 74.3 Å². The number of hydrogen-bond acceptors (Lipinski definition) is 4. The largest absolute Gasteiger partial charge is 0.494 e. The molecular weight excluding hydrogens is 473 g/mol. The molecule has 0 spiro atoms. The van der Waals surface area contributed by atoms with Gasteiger partial charge in [0.2, 0.25) is 0 Å². The molecule has 0 saturated heterocycles. The highest BCUT2D eigenvalue weighted by Crippen LogP contribution is 2.34. The number of methoxy groups -OCH3 is 1. The van der Waals surface area contributed by atoms with Gasteiger partial charge in [-0.2, -0.15) is 0 Å². The normalized spacial score (nSPS) is 11.8. The number of nitrogens with one attached hydrogen (secondary N) is 1. The number of hydrogen-bond donors (Lipinski definition) is 1. The van der Waals surface area contributed by atoms with E-state index in [1.807, 2.05) is 46.0 Å². The Bertz CT molecular complexity index is 1230. The monoisotopic (exact) mass is 503 g/mol. The SMILES string of the molecule is COc1c(C(=O)NCCN(C)Cc2ccccc2)n(CC(C)(C)C)c(=O)c2cc(Cl)c(Cl)cc12. The number of nitrogens with zero attached hydrogens (tertiary/aromatic N) is 2. The number of carbonyl (C=O) groups excluding carboxylic acids is 1. The van der Waals surface area contributed by atoms with E-state index in [4.69, 9.17) is 27.9 Å². The molecule has 0 saturated carbocycles. The van der Waals surface area contributed by atoms with Crippen molar-refractivity contribution >= 4 is 39.9 Å². The molecule has 0 aliphatic heterocycles. The third kappa shape index (κ3) is 6.12. The molecule has 1 amide bonds. The number of amides is 1. The lowest BCUT2D eigenvalue weighted by molar-refractivity contribution is 0.0933. The van der Waals surface area contributed by atoms with Crippen molar-refractivity contribution in [1.29, 1.82) is 0 Å². The van der Waals surface area contributed by atoms with Gasteiger partial charge in [-0.3, -0.25) is 14.2 Å². The maximum atomic E-state index is 13.5. The third-order valence-corrected chi connectivity index (χ3v) is 6.11. The minimum absolute atomic E-state index is 0.180. The third-order valence-electron chi connectivity index (χ3n) is 5.39. The number of pyridine rings is 1. The van der Waals surface area contributed by atoms with Crippen LogP contribution in [0, 0.1) is 5.41 Å². The van der Waals surface area contributed by atoms with Crippen molar-refractivity contribution in [3.63, 3.8) is 0 Å². The van der Waals surface area contributed by atoms with Crippen molar-refractivity contribution in [3.05, 3.63) is 74.1 Å². The van der Waals surface area contributed by atoms with Crippen molar-refractivity contribution in [2.75, 3.05) is 27.2 Å². The van der Waals surface area contributed by atoms with Crippen LogP contribution in [0.5, 0.6) is 5.75 Å². The molecule has 3 aromatic rings. The van der Waals surface area contributed by atoms with Crippen molar-refractivity contribution in [2.24, 2.45) is 5.41 Å². The lowest BCUT2D eigenvalue weighted by atomic mass is 9.96. The smallest absolute Gasteiger partial charge is 0.271 e. The van der Waals surface area contributed by atoms with Crippen LogP contribution in [-0.4, -0.2) is 42.6 Å². The first kappa shape index (κ1) is 26.1. The van der Waals surface area contributed by atoms with E-state index >= 15 is 0 Å². The summed E-state index contributed by atoms with van der Waals surface area (Å²) in [6.07, 6.45) is 0. The first-order valence-electron chi connectivity index (χ1n) is 11.1. The summed E-state index contributed by atoms with van der Waals surface area (Å²) in [6.45, 7) is 8.16. The summed E-state index contributed by atoms with van der Waals surface area (Å²) in [6, 6.07) is 13.2. The first-order valence-corrected chi connectivity index (χ1v) is 11.9. The van der Waals surface area contributed by atoms with E-state index in [0.717, 1.165) is 6.54 Å². The highest BCUT2D eigenvalue weighted by atomic mass is 35.5. The molecule has 2 aromatic carbocycles. The average Bonchev–Trinajstić information content (AvgIpc) is 2.76. The predicted molar refractivity (Wildman–Crippen MR) is 139 cm³/mol. The Hall–Kier alpha value is -2.54. The number of aromatic nitrogens is 1. The number of carbonyl (C=O) groups is 1. The summed E-state index contributed by atoms with van der Waals surface area (Å²) in [5, 5.41) is 4.33. The van der Waals surface area contributed by atoms with E-state index in [2.05, 4.69) is 22.3 Å². The van der Waals surface area contributed by atoms with Gasteiger partial charge < -0.3 is 15.0 Å². The number of likely N-dealkylation sites (N-methyl/N-ethyl adjacent to an activating group) is 1. The van der Waals surface area contributed by atoms with Gasteiger partial charge in [-0.15, -0.1) is 0 Å². The summed E-state index contributed by atoms with van der Waals surface area (Å²) in [7, 11) is 3.48. The summed E-state index contributed by atoms with van der Waals surface area (Å²) < 4.78 is 7.14.